The van der Waals surface area contributed by atoms with E-state index in [4.69, 9.17) is 22.1 Å². The first kappa shape index (κ1) is 17.5. The molecule has 6 nitrogen and oxygen atoms in total. The van der Waals surface area contributed by atoms with Crippen LogP contribution in [0.1, 0.15) is 44.6 Å². The largest absolute Gasteiger partial charge is 0.436 e. The zero-order chi connectivity index (χ0) is 18.7. The van der Waals surface area contributed by atoms with Crippen molar-refractivity contribution in [3.63, 3.8) is 0 Å². The van der Waals surface area contributed by atoms with E-state index in [1.165, 1.54) is 6.07 Å². The molecule has 140 valence electrons. The van der Waals surface area contributed by atoms with Gasteiger partial charge in [-0.1, -0.05) is 11.6 Å². The number of nitrogens with one attached hydrogen (secondary N) is 1. The van der Waals surface area contributed by atoms with Crippen molar-refractivity contribution >= 4 is 29.3 Å². The van der Waals surface area contributed by atoms with Crippen LogP contribution in [0.3, 0.4) is 0 Å². The third kappa shape index (κ3) is 2.48. The van der Waals surface area contributed by atoms with Gasteiger partial charge in [0.25, 0.3) is 0 Å². The molecule has 1 aromatic rings. The Bertz CT molecular complexity index is 798. The topological polar surface area (TPSA) is 84.7 Å². The van der Waals surface area contributed by atoms with Crippen LogP contribution in [-0.2, 0) is 15.1 Å². The number of amides is 2. The molecule has 26 heavy (non-hydrogen) atoms. The van der Waals surface area contributed by atoms with Gasteiger partial charge in [0, 0.05) is 6.04 Å². The Morgan fingerprint density at radius 3 is 2.81 bits per heavy atom. The molecule has 0 aromatic heterocycles. The van der Waals surface area contributed by atoms with Gasteiger partial charge < -0.3 is 15.4 Å². The van der Waals surface area contributed by atoms with Crippen molar-refractivity contribution in [3.05, 3.63) is 28.5 Å². The monoisotopic (exact) mass is 381 g/mol. The van der Waals surface area contributed by atoms with Crippen molar-refractivity contribution in [1.82, 2.24) is 4.90 Å². The molecule has 0 bridgehead atoms. The number of hydrogen-bond acceptors (Lipinski definition) is 4. The summed E-state index contributed by atoms with van der Waals surface area (Å²) < 4.78 is 20.5. The predicted molar refractivity (Wildman–Crippen MR) is 94.4 cm³/mol. The summed E-state index contributed by atoms with van der Waals surface area (Å²) in [6.07, 6.45) is 2.52. The van der Waals surface area contributed by atoms with E-state index in [1.807, 2.05) is 6.92 Å². The molecule has 1 aromatic carbocycles. The number of carbonyl (C=O) groups is 2. The molecule has 8 heteroatoms. The van der Waals surface area contributed by atoms with Gasteiger partial charge in [0.05, 0.1) is 28.4 Å². The Kier molecular flexibility index (Phi) is 3.93. The van der Waals surface area contributed by atoms with Gasteiger partial charge in [0.2, 0.25) is 5.91 Å². The lowest BCUT2D eigenvalue weighted by atomic mass is 9.74. The van der Waals surface area contributed by atoms with Crippen LogP contribution in [-0.4, -0.2) is 35.0 Å². The first-order valence-corrected chi connectivity index (χ1v) is 9.22. The predicted octanol–water partition coefficient (Wildman–Crippen LogP) is 3.13. The Morgan fingerprint density at radius 1 is 1.42 bits per heavy atom. The number of nitrogens with zero attached hydrogens (tertiary/aromatic N) is 1. The summed E-state index contributed by atoms with van der Waals surface area (Å²) in [6, 6.07) is 2.89. The third-order valence-electron chi connectivity index (χ3n) is 5.93. The highest BCUT2D eigenvalue weighted by atomic mass is 35.5. The van der Waals surface area contributed by atoms with Crippen LogP contribution in [0, 0.1) is 5.82 Å². The number of nitrogens with two attached hydrogens (primary N) is 1. The lowest BCUT2D eigenvalue weighted by molar-refractivity contribution is -0.152. The van der Waals surface area contributed by atoms with Crippen molar-refractivity contribution in [2.45, 2.75) is 56.2 Å². The first-order chi connectivity index (χ1) is 12.3. The van der Waals surface area contributed by atoms with Crippen LogP contribution in [0.4, 0.5) is 14.9 Å². The van der Waals surface area contributed by atoms with Crippen molar-refractivity contribution in [2.24, 2.45) is 5.73 Å². The van der Waals surface area contributed by atoms with E-state index < -0.39 is 23.1 Å². The molecule has 3 N–H and O–H groups in total. The molecule has 1 saturated heterocycles. The van der Waals surface area contributed by atoms with E-state index in [2.05, 4.69) is 5.32 Å². The number of carbonyl (C=O) groups excluding carboxylic acids is 2. The smallest absolute Gasteiger partial charge is 0.412 e. The highest BCUT2D eigenvalue weighted by molar-refractivity contribution is 6.31. The molecular weight excluding hydrogens is 361 g/mol. The number of fused-ring (bicyclic) bond motifs is 2. The number of likely N-dealkylation sites (tertiary alicyclic amines) is 1. The highest BCUT2D eigenvalue weighted by Gasteiger charge is 2.53. The minimum atomic E-state index is -1.26. The average molecular weight is 382 g/mol. The van der Waals surface area contributed by atoms with E-state index >= 15 is 0 Å². The molecule has 3 aliphatic rings. The van der Waals surface area contributed by atoms with E-state index in [-0.39, 0.29) is 29.1 Å². The minimum Gasteiger partial charge on any atom is -0.436 e. The van der Waals surface area contributed by atoms with Gasteiger partial charge in [0.15, 0.2) is 11.4 Å². The van der Waals surface area contributed by atoms with Gasteiger partial charge in [-0.15, -0.1) is 0 Å². The van der Waals surface area contributed by atoms with E-state index in [0.717, 1.165) is 6.42 Å². The second-order valence-electron chi connectivity index (χ2n) is 7.62. The second-order valence-corrected chi connectivity index (χ2v) is 8.03. The molecule has 2 atom stereocenters. The zero-order valence-corrected chi connectivity index (χ0v) is 15.2. The lowest BCUT2D eigenvalue weighted by Crippen LogP contribution is -2.65. The normalized spacial score (nSPS) is 29.5. The molecule has 4 rings (SSSR count). The summed E-state index contributed by atoms with van der Waals surface area (Å²) in [6.45, 7) is 2.01. The maximum Gasteiger partial charge on any atom is 0.412 e. The van der Waals surface area contributed by atoms with E-state index in [0.29, 0.717) is 31.4 Å². The molecule has 1 spiro atoms. The summed E-state index contributed by atoms with van der Waals surface area (Å²) in [5.74, 6) is -0.786. The molecular formula is C18H21ClFN3O3. The molecule has 2 heterocycles. The fraction of sp³-hybridized carbons (Fsp3) is 0.556. The SMILES string of the molecule is CC1CCC2(CN1C(=O)C1(N)CCC1)OC(=O)Nc1ccc(Cl)c(F)c12. The fourth-order valence-corrected chi connectivity index (χ4v) is 4.35. The standard InChI is InChI=1S/C18H21ClFN3O3/c1-10-5-8-18(9-23(10)15(24)17(21)6-2-7-17)13-12(22-16(25)26-18)4-3-11(19)14(13)20/h3-4,10H,2,5-9,21H2,1H3,(H,22,25). The fourth-order valence-electron chi connectivity index (χ4n) is 4.19. The maximum absolute atomic E-state index is 14.9. The van der Waals surface area contributed by atoms with Crippen molar-refractivity contribution in [3.8, 4) is 0 Å². The Morgan fingerprint density at radius 2 is 2.15 bits per heavy atom. The average Bonchev–Trinajstić information content (AvgIpc) is 2.57. The molecule has 2 amide bonds. The van der Waals surface area contributed by atoms with Gasteiger partial charge in [-0.3, -0.25) is 10.1 Å². The van der Waals surface area contributed by atoms with Gasteiger partial charge in [-0.25, -0.2) is 9.18 Å². The van der Waals surface area contributed by atoms with E-state index in [9.17, 15) is 14.0 Å². The summed E-state index contributed by atoms with van der Waals surface area (Å²) in [5.41, 5.74) is 4.64. The lowest BCUT2D eigenvalue weighted by Gasteiger charge is -2.50. The Balaban J connectivity index is 1.76. The molecule has 1 aliphatic carbocycles. The van der Waals surface area contributed by atoms with Crippen LogP contribution < -0.4 is 11.1 Å². The van der Waals surface area contributed by atoms with Crippen LogP contribution in [0.25, 0.3) is 0 Å². The molecule has 2 aliphatic heterocycles. The quantitative estimate of drug-likeness (QED) is 0.782. The number of halogens is 2. The van der Waals surface area contributed by atoms with Gasteiger partial charge >= 0.3 is 6.09 Å². The first-order valence-electron chi connectivity index (χ1n) is 8.84. The number of anilines is 1. The van der Waals surface area contributed by atoms with Crippen molar-refractivity contribution in [1.29, 1.82) is 0 Å². The number of ether oxygens (including phenoxy) is 1. The maximum atomic E-state index is 14.9. The van der Waals surface area contributed by atoms with E-state index in [1.54, 1.807) is 11.0 Å². The minimum absolute atomic E-state index is 0.0475. The summed E-state index contributed by atoms with van der Waals surface area (Å²) in [5, 5.41) is 2.47. The van der Waals surface area contributed by atoms with Gasteiger partial charge in [-0.2, -0.15) is 0 Å². The van der Waals surface area contributed by atoms with Gasteiger partial charge in [-0.05, 0) is 51.2 Å². The molecule has 2 fully saturated rings. The van der Waals surface area contributed by atoms with Crippen LogP contribution in [0.2, 0.25) is 5.02 Å². The summed E-state index contributed by atoms with van der Waals surface area (Å²) >= 11 is 5.97. The number of hydrogen-bond donors (Lipinski definition) is 2. The van der Waals surface area contributed by atoms with Crippen LogP contribution in [0.15, 0.2) is 12.1 Å². The summed E-state index contributed by atoms with van der Waals surface area (Å²) in [4.78, 5) is 26.8. The van der Waals surface area contributed by atoms with Crippen molar-refractivity contribution in [2.75, 3.05) is 11.9 Å². The Labute approximate surface area is 155 Å². The number of benzene rings is 1. The van der Waals surface area contributed by atoms with Crippen LogP contribution >= 0.6 is 11.6 Å². The zero-order valence-electron chi connectivity index (χ0n) is 14.5. The number of rotatable bonds is 1. The van der Waals surface area contributed by atoms with Gasteiger partial charge in [0.1, 0.15) is 0 Å². The Hall–Kier alpha value is -1.86. The highest BCUT2D eigenvalue weighted by Crippen LogP contribution is 2.47. The van der Waals surface area contributed by atoms with Crippen molar-refractivity contribution < 1.29 is 18.7 Å². The van der Waals surface area contributed by atoms with Crippen LogP contribution in [0.5, 0.6) is 0 Å². The molecule has 2 unspecified atom stereocenters. The second kappa shape index (κ2) is 5.82. The molecule has 0 radical (unpaired) electrons. The third-order valence-corrected chi connectivity index (χ3v) is 6.22. The number of piperidine rings is 1. The summed E-state index contributed by atoms with van der Waals surface area (Å²) in [7, 11) is 0. The molecule has 1 saturated carbocycles.